The van der Waals surface area contributed by atoms with Gasteiger partial charge in [0.2, 0.25) is 0 Å². The highest BCUT2D eigenvalue weighted by Crippen LogP contribution is 2.26. The predicted octanol–water partition coefficient (Wildman–Crippen LogP) is 2.85. The smallest absolute Gasteiger partial charge is 0.166 e. The Bertz CT molecular complexity index is 226. The standard InChI is InChI=1S/C12H24N2S/c1-7-8-13-10(15)14-12(5,6)9-11(2,3)4/h7H,1,8-9H2,2-6H3,(H2,13,14,15). The number of nitrogens with one attached hydrogen (secondary N) is 2. The summed E-state index contributed by atoms with van der Waals surface area (Å²) < 4.78 is 0. The van der Waals surface area contributed by atoms with Crippen molar-refractivity contribution in [2.24, 2.45) is 5.41 Å². The molecule has 0 saturated heterocycles. The molecule has 0 heterocycles. The molecular formula is C12H24N2S. The first-order valence-corrected chi connectivity index (χ1v) is 5.74. The van der Waals surface area contributed by atoms with Crippen molar-refractivity contribution in [2.75, 3.05) is 6.54 Å². The molecular weight excluding hydrogens is 204 g/mol. The number of thiocarbonyl (C=S) groups is 1. The van der Waals surface area contributed by atoms with Crippen molar-refractivity contribution in [2.45, 2.75) is 46.6 Å². The van der Waals surface area contributed by atoms with Gasteiger partial charge in [-0.25, -0.2) is 0 Å². The van der Waals surface area contributed by atoms with Gasteiger partial charge in [-0.2, -0.15) is 0 Å². The van der Waals surface area contributed by atoms with Crippen LogP contribution in [-0.4, -0.2) is 17.2 Å². The summed E-state index contributed by atoms with van der Waals surface area (Å²) in [4.78, 5) is 0. The van der Waals surface area contributed by atoms with Crippen molar-refractivity contribution >= 4 is 17.3 Å². The van der Waals surface area contributed by atoms with Crippen molar-refractivity contribution in [3.8, 4) is 0 Å². The number of hydrogen-bond acceptors (Lipinski definition) is 1. The Kier molecular flexibility index (Phi) is 5.29. The maximum Gasteiger partial charge on any atom is 0.166 e. The van der Waals surface area contributed by atoms with Crippen LogP contribution in [0.2, 0.25) is 0 Å². The molecule has 0 aliphatic heterocycles. The summed E-state index contributed by atoms with van der Waals surface area (Å²) in [5, 5.41) is 7.09. The Morgan fingerprint density at radius 2 is 1.80 bits per heavy atom. The second-order valence-corrected chi connectivity index (χ2v) is 6.15. The maximum atomic E-state index is 5.19. The second kappa shape index (κ2) is 5.50. The van der Waals surface area contributed by atoms with E-state index in [4.69, 9.17) is 12.2 Å². The van der Waals surface area contributed by atoms with Gasteiger partial charge in [0, 0.05) is 12.1 Å². The molecule has 0 radical (unpaired) electrons. The van der Waals surface area contributed by atoms with Crippen LogP contribution in [0.25, 0.3) is 0 Å². The van der Waals surface area contributed by atoms with E-state index in [1.165, 1.54) is 0 Å². The Labute approximate surface area is 99.5 Å². The van der Waals surface area contributed by atoms with E-state index in [2.05, 4.69) is 51.8 Å². The van der Waals surface area contributed by atoms with Gasteiger partial charge in [-0.15, -0.1) is 6.58 Å². The second-order valence-electron chi connectivity index (χ2n) is 5.75. The molecule has 15 heavy (non-hydrogen) atoms. The largest absolute Gasteiger partial charge is 0.359 e. The van der Waals surface area contributed by atoms with Crippen molar-refractivity contribution in [1.29, 1.82) is 0 Å². The molecule has 0 rings (SSSR count). The van der Waals surface area contributed by atoms with Crippen LogP contribution in [0.4, 0.5) is 0 Å². The van der Waals surface area contributed by atoms with Gasteiger partial charge in [0.1, 0.15) is 0 Å². The SMILES string of the molecule is C=CCNC(=S)NC(C)(C)CC(C)(C)C. The highest BCUT2D eigenvalue weighted by Gasteiger charge is 2.25. The minimum atomic E-state index is 0.0174. The van der Waals surface area contributed by atoms with Crippen LogP contribution < -0.4 is 10.6 Å². The molecule has 0 unspecified atom stereocenters. The fourth-order valence-corrected chi connectivity index (χ4v) is 2.25. The first-order chi connectivity index (χ1) is 6.66. The summed E-state index contributed by atoms with van der Waals surface area (Å²) in [6.07, 6.45) is 2.86. The molecule has 0 bridgehead atoms. The molecule has 3 heteroatoms. The molecule has 0 saturated carbocycles. The first kappa shape index (κ1) is 14.4. The van der Waals surface area contributed by atoms with Gasteiger partial charge in [0.05, 0.1) is 0 Å². The minimum Gasteiger partial charge on any atom is -0.359 e. The van der Waals surface area contributed by atoms with Crippen LogP contribution in [0.15, 0.2) is 12.7 Å². The third-order valence-corrected chi connectivity index (χ3v) is 2.08. The van der Waals surface area contributed by atoms with Crippen molar-refractivity contribution in [3.05, 3.63) is 12.7 Å². The lowest BCUT2D eigenvalue weighted by Crippen LogP contribution is -2.49. The monoisotopic (exact) mass is 228 g/mol. The third kappa shape index (κ3) is 8.43. The molecule has 0 aliphatic carbocycles. The highest BCUT2D eigenvalue weighted by atomic mass is 32.1. The molecule has 0 amide bonds. The Morgan fingerprint density at radius 3 is 2.20 bits per heavy atom. The van der Waals surface area contributed by atoms with E-state index in [-0.39, 0.29) is 5.54 Å². The van der Waals surface area contributed by atoms with Gasteiger partial charge in [-0.3, -0.25) is 0 Å². The van der Waals surface area contributed by atoms with Gasteiger partial charge in [-0.1, -0.05) is 26.8 Å². The summed E-state index contributed by atoms with van der Waals surface area (Å²) >= 11 is 5.19. The number of hydrogen-bond donors (Lipinski definition) is 2. The van der Waals surface area contributed by atoms with Crippen LogP contribution in [-0.2, 0) is 0 Å². The van der Waals surface area contributed by atoms with E-state index in [1.807, 2.05) is 0 Å². The Balaban J connectivity index is 4.13. The summed E-state index contributed by atoms with van der Waals surface area (Å²) in [7, 11) is 0. The fourth-order valence-electron chi connectivity index (χ4n) is 1.89. The van der Waals surface area contributed by atoms with E-state index in [9.17, 15) is 0 Å². The lowest BCUT2D eigenvalue weighted by Gasteiger charge is -2.34. The summed E-state index contributed by atoms with van der Waals surface area (Å²) in [6.45, 7) is 15.4. The van der Waals surface area contributed by atoms with Crippen molar-refractivity contribution in [3.63, 3.8) is 0 Å². The van der Waals surface area contributed by atoms with Gasteiger partial charge in [0.25, 0.3) is 0 Å². The van der Waals surface area contributed by atoms with E-state index in [0.29, 0.717) is 17.1 Å². The molecule has 0 fully saturated rings. The zero-order valence-electron chi connectivity index (χ0n) is 10.6. The van der Waals surface area contributed by atoms with E-state index in [0.717, 1.165) is 6.42 Å². The van der Waals surface area contributed by atoms with Gasteiger partial charge in [-0.05, 0) is 37.9 Å². The normalized spacial score (nSPS) is 12.1. The Morgan fingerprint density at radius 1 is 1.27 bits per heavy atom. The van der Waals surface area contributed by atoms with Crippen LogP contribution >= 0.6 is 12.2 Å². The van der Waals surface area contributed by atoms with Crippen LogP contribution in [0.1, 0.15) is 41.0 Å². The molecule has 0 aromatic carbocycles. The van der Waals surface area contributed by atoms with Crippen molar-refractivity contribution < 1.29 is 0 Å². The summed E-state index contributed by atoms with van der Waals surface area (Å²) in [5.74, 6) is 0. The van der Waals surface area contributed by atoms with E-state index in [1.54, 1.807) is 6.08 Å². The average molecular weight is 228 g/mol. The van der Waals surface area contributed by atoms with Crippen LogP contribution in [0.3, 0.4) is 0 Å². The van der Waals surface area contributed by atoms with Crippen LogP contribution in [0, 0.1) is 5.41 Å². The molecule has 2 N–H and O–H groups in total. The zero-order valence-corrected chi connectivity index (χ0v) is 11.4. The quantitative estimate of drug-likeness (QED) is 0.571. The lowest BCUT2D eigenvalue weighted by atomic mass is 9.82. The predicted molar refractivity (Wildman–Crippen MR) is 72.1 cm³/mol. The maximum absolute atomic E-state index is 5.19. The third-order valence-electron chi connectivity index (χ3n) is 1.83. The minimum absolute atomic E-state index is 0.0174. The summed E-state index contributed by atoms with van der Waals surface area (Å²) in [6, 6.07) is 0. The molecule has 0 aromatic heterocycles. The molecule has 2 nitrogen and oxygen atoms in total. The topological polar surface area (TPSA) is 24.1 Å². The fraction of sp³-hybridized carbons (Fsp3) is 0.750. The molecule has 0 atom stereocenters. The Hall–Kier alpha value is -0.570. The van der Waals surface area contributed by atoms with Gasteiger partial charge >= 0.3 is 0 Å². The van der Waals surface area contributed by atoms with Crippen molar-refractivity contribution in [1.82, 2.24) is 10.6 Å². The van der Waals surface area contributed by atoms with E-state index < -0.39 is 0 Å². The van der Waals surface area contributed by atoms with Gasteiger partial charge in [0.15, 0.2) is 5.11 Å². The zero-order chi connectivity index (χ0) is 12.1. The average Bonchev–Trinajstić information content (AvgIpc) is 1.94. The first-order valence-electron chi connectivity index (χ1n) is 5.33. The van der Waals surface area contributed by atoms with E-state index >= 15 is 0 Å². The molecule has 88 valence electrons. The van der Waals surface area contributed by atoms with Gasteiger partial charge < -0.3 is 10.6 Å². The van der Waals surface area contributed by atoms with Crippen LogP contribution in [0.5, 0.6) is 0 Å². The summed E-state index contributed by atoms with van der Waals surface area (Å²) in [5.41, 5.74) is 0.314. The molecule has 0 aromatic rings. The molecule has 0 spiro atoms. The number of rotatable bonds is 4. The highest BCUT2D eigenvalue weighted by molar-refractivity contribution is 7.80. The lowest BCUT2D eigenvalue weighted by molar-refractivity contribution is 0.266. The molecule has 0 aliphatic rings.